The van der Waals surface area contributed by atoms with Gasteiger partial charge in [-0.15, -0.1) is 0 Å². The Labute approximate surface area is 140 Å². The Bertz CT molecular complexity index is 588. The van der Waals surface area contributed by atoms with E-state index in [2.05, 4.69) is 64.3 Å². The predicted octanol–water partition coefficient (Wildman–Crippen LogP) is 3.66. The van der Waals surface area contributed by atoms with Crippen LogP contribution in [0.2, 0.25) is 0 Å². The monoisotopic (exact) mass is 314 g/mol. The molecule has 1 aromatic carbocycles. The van der Waals surface area contributed by atoms with Gasteiger partial charge in [0.2, 0.25) is 5.91 Å². The van der Waals surface area contributed by atoms with Crippen molar-refractivity contribution in [3.8, 4) is 0 Å². The Morgan fingerprint density at radius 3 is 2.13 bits per heavy atom. The molecule has 23 heavy (non-hydrogen) atoms. The Balaban J connectivity index is 2.27. The molecule has 1 atom stereocenters. The summed E-state index contributed by atoms with van der Waals surface area (Å²) in [6.45, 7) is 13.8. The molecular weight excluding hydrogens is 284 g/mol. The standard InChI is InChI=1S/C20H30N2O/c1-19(2,3)15-13-21-16(12-14-10-8-7-9-11-14)18(23)22-17(15)20(4,5)6/h7-11,16,21H,12-13H2,1-6H3,(H,22,23)/t16-/m0/s1. The molecule has 2 rings (SSSR count). The van der Waals surface area contributed by atoms with Gasteiger partial charge in [0.05, 0.1) is 6.04 Å². The van der Waals surface area contributed by atoms with Crippen molar-refractivity contribution in [3.05, 3.63) is 47.2 Å². The molecule has 1 aliphatic heterocycles. The number of carbonyl (C=O) groups excluding carboxylic acids is 1. The van der Waals surface area contributed by atoms with Gasteiger partial charge in [0.15, 0.2) is 0 Å². The van der Waals surface area contributed by atoms with Gasteiger partial charge in [-0.3, -0.25) is 4.79 Å². The largest absolute Gasteiger partial charge is 0.328 e. The zero-order valence-electron chi connectivity index (χ0n) is 15.3. The van der Waals surface area contributed by atoms with Gasteiger partial charge in [-0.2, -0.15) is 0 Å². The molecular formula is C20H30N2O. The Morgan fingerprint density at radius 2 is 1.61 bits per heavy atom. The summed E-state index contributed by atoms with van der Waals surface area (Å²) in [5.41, 5.74) is 3.47. The predicted molar refractivity (Wildman–Crippen MR) is 96.0 cm³/mol. The van der Waals surface area contributed by atoms with Crippen LogP contribution in [0.25, 0.3) is 0 Å². The molecule has 3 nitrogen and oxygen atoms in total. The molecule has 0 unspecified atom stereocenters. The third-order valence-electron chi connectivity index (χ3n) is 4.33. The molecule has 0 saturated carbocycles. The lowest BCUT2D eigenvalue weighted by atomic mass is 9.78. The first kappa shape index (κ1) is 17.7. The van der Waals surface area contributed by atoms with E-state index in [-0.39, 0.29) is 22.8 Å². The Morgan fingerprint density at radius 1 is 1.00 bits per heavy atom. The quantitative estimate of drug-likeness (QED) is 0.874. The van der Waals surface area contributed by atoms with Crippen molar-refractivity contribution in [1.29, 1.82) is 0 Å². The molecule has 0 saturated heterocycles. The minimum Gasteiger partial charge on any atom is -0.328 e. The third kappa shape index (κ3) is 4.44. The highest BCUT2D eigenvalue weighted by atomic mass is 16.2. The number of hydrogen-bond donors (Lipinski definition) is 2. The number of hydrogen-bond acceptors (Lipinski definition) is 2. The van der Waals surface area contributed by atoms with Gasteiger partial charge >= 0.3 is 0 Å². The van der Waals surface area contributed by atoms with E-state index >= 15 is 0 Å². The molecule has 0 spiro atoms. The molecule has 1 amide bonds. The third-order valence-corrected chi connectivity index (χ3v) is 4.33. The van der Waals surface area contributed by atoms with Gasteiger partial charge in [-0.25, -0.2) is 0 Å². The summed E-state index contributed by atoms with van der Waals surface area (Å²) in [5, 5.41) is 6.69. The van der Waals surface area contributed by atoms with Crippen molar-refractivity contribution in [2.24, 2.45) is 10.8 Å². The van der Waals surface area contributed by atoms with Crippen LogP contribution in [0.3, 0.4) is 0 Å². The molecule has 0 fully saturated rings. The highest BCUT2D eigenvalue weighted by Gasteiger charge is 2.34. The molecule has 1 aliphatic rings. The fourth-order valence-corrected chi connectivity index (χ4v) is 2.99. The average Bonchev–Trinajstić information content (AvgIpc) is 2.59. The van der Waals surface area contributed by atoms with Gasteiger partial charge in [0.1, 0.15) is 0 Å². The van der Waals surface area contributed by atoms with E-state index in [0.717, 1.165) is 12.2 Å². The average molecular weight is 314 g/mol. The van der Waals surface area contributed by atoms with Gasteiger partial charge < -0.3 is 10.6 Å². The highest BCUT2D eigenvalue weighted by Crippen LogP contribution is 2.35. The Kier molecular flexibility index (Phi) is 5.00. The number of amides is 1. The molecule has 0 radical (unpaired) electrons. The summed E-state index contributed by atoms with van der Waals surface area (Å²) in [7, 11) is 0. The van der Waals surface area contributed by atoms with E-state index in [9.17, 15) is 4.79 Å². The molecule has 1 heterocycles. The van der Waals surface area contributed by atoms with E-state index in [1.165, 1.54) is 11.1 Å². The summed E-state index contributed by atoms with van der Waals surface area (Å²) in [6, 6.07) is 9.98. The van der Waals surface area contributed by atoms with Gasteiger partial charge in [-0.05, 0) is 23.0 Å². The summed E-state index contributed by atoms with van der Waals surface area (Å²) in [5.74, 6) is 0.0676. The SMILES string of the molecule is CC(C)(C)C1=C(C(C)(C)C)NC(=O)[C@H](Cc2ccccc2)NC1. The molecule has 0 aliphatic carbocycles. The van der Waals surface area contributed by atoms with Crippen LogP contribution in [-0.4, -0.2) is 18.5 Å². The first-order chi connectivity index (χ1) is 10.6. The van der Waals surface area contributed by atoms with Crippen LogP contribution in [0.1, 0.15) is 47.1 Å². The maximum Gasteiger partial charge on any atom is 0.241 e. The van der Waals surface area contributed by atoms with Crippen molar-refractivity contribution in [2.45, 2.75) is 54.0 Å². The van der Waals surface area contributed by atoms with Gasteiger partial charge in [0.25, 0.3) is 0 Å². The minimum absolute atomic E-state index is 0.0184. The van der Waals surface area contributed by atoms with Crippen LogP contribution < -0.4 is 10.6 Å². The van der Waals surface area contributed by atoms with Gasteiger partial charge in [0, 0.05) is 17.7 Å². The lowest BCUT2D eigenvalue weighted by Crippen LogP contribution is -2.44. The lowest BCUT2D eigenvalue weighted by Gasteiger charge is -2.32. The smallest absolute Gasteiger partial charge is 0.241 e. The van der Waals surface area contributed by atoms with Gasteiger partial charge in [-0.1, -0.05) is 71.9 Å². The van der Waals surface area contributed by atoms with Crippen LogP contribution in [0.15, 0.2) is 41.6 Å². The second-order valence-corrected chi connectivity index (χ2v) is 8.47. The van der Waals surface area contributed by atoms with E-state index in [4.69, 9.17) is 0 Å². The second-order valence-electron chi connectivity index (χ2n) is 8.47. The maximum atomic E-state index is 12.7. The summed E-state index contributed by atoms with van der Waals surface area (Å²) in [4.78, 5) is 12.7. The Hall–Kier alpha value is -1.61. The number of allylic oxidation sites excluding steroid dienone is 1. The molecule has 0 aromatic heterocycles. The van der Waals surface area contributed by atoms with E-state index in [1.807, 2.05) is 18.2 Å². The van der Waals surface area contributed by atoms with Crippen LogP contribution >= 0.6 is 0 Å². The summed E-state index contributed by atoms with van der Waals surface area (Å²) < 4.78 is 0. The van der Waals surface area contributed by atoms with Crippen LogP contribution in [0.5, 0.6) is 0 Å². The lowest BCUT2D eigenvalue weighted by molar-refractivity contribution is -0.122. The number of rotatable bonds is 2. The van der Waals surface area contributed by atoms with Crippen molar-refractivity contribution in [3.63, 3.8) is 0 Å². The number of benzene rings is 1. The second kappa shape index (κ2) is 6.48. The molecule has 0 bridgehead atoms. The van der Waals surface area contributed by atoms with Crippen molar-refractivity contribution >= 4 is 5.91 Å². The van der Waals surface area contributed by atoms with E-state index < -0.39 is 0 Å². The zero-order chi connectivity index (χ0) is 17.3. The molecule has 1 aromatic rings. The van der Waals surface area contributed by atoms with Crippen molar-refractivity contribution < 1.29 is 4.79 Å². The number of carbonyl (C=O) groups is 1. The topological polar surface area (TPSA) is 41.1 Å². The maximum absolute atomic E-state index is 12.7. The van der Waals surface area contributed by atoms with Crippen LogP contribution in [0.4, 0.5) is 0 Å². The summed E-state index contributed by atoms with van der Waals surface area (Å²) >= 11 is 0. The van der Waals surface area contributed by atoms with Crippen LogP contribution in [0, 0.1) is 10.8 Å². The molecule has 2 N–H and O–H groups in total. The van der Waals surface area contributed by atoms with E-state index in [0.29, 0.717) is 6.42 Å². The highest BCUT2D eigenvalue weighted by molar-refractivity contribution is 5.84. The minimum atomic E-state index is -0.199. The first-order valence-corrected chi connectivity index (χ1v) is 8.41. The normalized spacial score (nSPS) is 20.3. The van der Waals surface area contributed by atoms with Crippen LogP contribution in [-0.2, 0) is 11.2 Å². The molecule has 126 valence electrons. The van der Waals surface area contributed by atoms with Crippen molar-refractivity contribution in [1.82, 2.24) is 10.6 Å². The number of nitrogens with one attached hydrogen (secondary N) is 2. The fraction of sp³-hybridized carbons (Fsp3) is 0.550. The van der Waals surface area contributed by atoms with E-state index in [1.54, 1.807) is 0 Å². The molecule has 3 heteroatoms. The van der Waals surface area contributed by atoms with Crippen molar-refractivity contribution in [2.75, 3.05) is 6.54 Å². The first-order valence-electron chi connectivity index (χ1n) is 8.41. The zero-order valence-corrected chi connectivity index (χ0v) is 15.3. The fourth-order valence-electron chi connectivity index (χ4n) is 2.99. The summed E-state index contributed by atoms with van der Waals surface area (Å²) in [6.07, 6.45) is 0.710.